The summed E-state index contributed by atoms with van der Waals surface area (Å²) in [4.78, 5) is 10.1. The van der Waals surface area contributed by atoms with Crippen LogP contribution in [0.25, 0.3) is 0 Å². The van der Waals surface area contributed by atoms with Gasteiger partial charge in [-0.05, 0) is 13.3 Å². The number of unbranched alkanes of at least 4 members (excludes halogenated alkanes) is 15. The maximum atomic E-state index is 10.1. The zero-order chi connectivity index (χ0) is 19.9. The van der Waals surface area contributed by atoms with Crippen molar-refractivity contribution in [2.24, 2.45) is 0 Å². The molecular weight excluding hydrogens is 352 g/mol. The Bertz CT molecular complexity index is 368. The van der Waals surface area contributed by atoms with Gasteiger partial charge in [-0.3, -0.25) is 4.55 Å². The number of carbonyl (C=O) groups is 1. The van der Waals surface area contributed by atoms with Crippen LogP contribution in [0.1, 0.15) is 117 Å². The second-order valence-corrected chi connectivity index (χ2v) is 7.83. The average molecular weight is 395 g/mol. The Hall–Kier alpha value is -0.460. The van der Waals surface area contributed by atoms with Crippen LogP contribution >= 0.6 is 0 Å². The summed E-state index contributed by atoms with van der Waals surface area (Å²) in [6.45, 7) is 3.72. The first-order valence-electron chi connectivity index (χ1n) is 10.5. The van der Waals surface area contributed by atoms with Crippen LogP contribution in [0.2, 0.25) is 0 Å². The van der Waals surface area contributed by atoms with Crippen molar-refractivity contribution in [3.05, 3.63) is 0 Å². The van der Waals surface area contributed by atoms with E-state index in [2.05, 4.69) is 11.1 Å². The third-order valence-corrected chi connectivity index (χ3v) is 4.73. The maximum absolute atomic E-state index is 10.1. The highest BCUT2D eigenvalue weighted by Gasteiger charge is 1.98. The van der Waals surface area contributed by atoms with Crippen molar-refractivity contribution in [1.82, 2.24) is 0 Å². The lowest BCUT2D eigenvalue weighted by Crippen LogP contribution is -2.01. The van der Waals surface area contributed by atoms with E-state index >= 15 is 0 Å². The van der Waals surface area contributed by atoms with E-state index in [0.717, 1.165) is 19.1 Å². The van der Waals surface area contributed by atoms with E-state index in [4.69, 9.17) is 4.55 Å². The Morgan fingerprint density at radius 3 is 1.27 bits per heavy atom. The summed E-state index contributed by atoms with van der Waals surface area (Å²) < 4.78 is 30.7. The molecule has 0 saturated heterocycles. The SMILES string of the molecule is CCCCCCCCCCCCCCCCCC=O.CCOS(=O)(=O)O. The first kappa shape index (κ1) is 27.8. The van der Waals surface area contributed by atoms with Gasteiger partial charge >= 0.3 is 10.4 Å². The number of aldehydes is 1. The fourth-order valence-electron chi connectivity index (χ4n) is 2.75. The molecule has 0 spiro atoms. The van der Waals surface area contributed by atoms with Gasteiger partial charge in [-0.15, -0.1) is 0 Å². The summed E-state index contributed by atoms with van der Waals surface area (Å²) in [5.41, 5.74) is 0. The summed E-state index contributed by atoms with van der Waals surface area (Å²) in [6.07, 6.45) is 22.6. The second kappa shape index (κ2) is 22.6. The Labute approximate surface area is 162 Å². The standard InChI is InChI=1S/C18H36O.C2H6O4S/c1-2-3-4-5-6-7-8-9-10-11-12-13-14-15-16-17-18-19;1-2-6-7(3,4)5/h18H,2-17H2,1H3;2H2,1H3,(H,3,4,5). The van der Waals surface area contributed by atoms with Crippen LogP contribution in [0.4, 0.5) is 0 Å². The highest BCUT2D eigenvalue weighted by molar-refractivity contribution is 7.80. The van der Waals surface area contributed by atoms with E-state index in [0.29, 0.717) is 0 Å². The molecule has 0 bridgehead atoms. The van der Waals surface area contributed by atoms with Crippen molar-refractivity contribution in [3.63, 3.8) is 0 Å². The Balaban J connectivity index is 0. The van der Waals surface area contributed by atoms with Crippen molar-refractivity contribution in [2.75, 3.05) is 6.61 Å². The minimum Gasteiger partial charge on any atom is -0.303 e. The molecule has 0 aliphatic heterocycles. The van der Waals surface area contributed by atoms with Gasteiger partial charge in [-0.25, -0.2) is 4.18 Å². The van der Waals surface area contributed by atoms with Crippen LogP contribution in [-0.2, 0) is 19.4 Å². The van der Waals surface area contributed by atoms with Gasteiger partial charge in [-0.2, -0.15) is 8.42 Å². The van der Waals surface area contributed by atoms with Gasteiger partial charge in [0.1, 0.15) is 6.29 Å². The van der Waals surface area contributed by atoms with Gasteiger partial charge in [0.25, 0.3) is 0 Å². The minimum absolute atomic E-state index is 0.0289. The predicted molar refractivity (Wildman–Crippen MR) is 109 cm³/mol. The molecule has 0 saturated carbocycles. The molecule has 6 heteroatoms. The molecule has 0 heterocycles. The molecular formula is C20H42O5S. The molecule has 0 aromatic heterocycles. The summed E-state index contributed by atoms with van der Waals surface area (Å²) in [5.74, 6) is 0. The molecule has 0 fully saturated rings. The monoisotopic (exact) mass is 394 g/mol. The molecule has 0 rings (SSSR count). The molecule has 158 valence electrons. The summed E-state index contributed by atoms with van der Waals surface area (Å²) in [5, 5.41) is 0. The van der Waals surface area contributed by atoms with Crippen molar-refractivity contribution >= 4 is 16.7 Å². The third kappa shape index (κ3) is 31.3. The highest BCUT2D eigenvalue weighted by Crippen LogP contribution is 2.13. The lowest BCUT2D eigenvalue weighted by Gasteiger charge is -2.02. The van der Waals surface area contributed by atoms with Gasteiger partial charge in [0.15, 0.2) is 0 Å². The molecule has 0 aliphatic carbocycles. The number of hydrogen-bond donors (Lipinski definition) is 1. The molecule has 1 N–H and O–H groups in total. The molecule has 26 heavy (non-hydrogen) atoms. The largest absolute Gasteiger partial charge is 0.397 e. The summed E-state index contributed by atoms with van der Waals surface area (Å²) in [6, 6.07) is 0. The second-order valence-electron chi connectivity index (χ2n) is 6.74. The molecule has 0 atom stereocenters. The number of hydrogen-bond acceptors (Lipinski definition) is 4. The van der Waals surface area contributed by atoms with Crippen molar-refractivity contribution in [3.8, 4) is 0 Å². The fraction of sp³-hybridized carbons (Fsp3) is 0.950. The Kier molecular flexibility index (Phi) is 24.1. The van der Waals surface area contributed by atoms with E-state index in [1.165, 1.54) is 96.8 Å². The summed E-state index contributed by atoms with van der Waals surface area (Å²) in [7, 11) is -4.17. The zero-order valence-electron chi connectivity index (χ0n) is 17.1. The molecule has 0 aromatic rings. The van der Waals surface area contributed by atoms with Gasteiger partial charge in [0.05, 0.1) is 6.61 Å². The smallest absolute Gasteiger partial charge is 0.303 e. The topological polar surface area (TPSA) is 80.7 Å². The van der Waals surface area contributed by atoms with Crippen LogP contribution in [0.15, 0.2) is 0 Å². The van der Waals surface area contributed by atoms with E-state index in [9.17, 15) is 13.2 Å². The predicted octanol–water partition coefficient (Wildman–Crippen LogP) is 6.27. The molecule has 0 unspecified atom stereocenters. The maximum Gasteiger partial charge on any atom is 0.397 e. The lowest BCUT2D eigenvalue weighted by atomic mass is 10.0. The molecule has 0 amide bonds. The normalized spacial score (nSPS) is 11.0. The van der Waals surface area contributed by atoms with Crippen LogP contribution in [0, 0.1) is 0 Å². The van der Waals surface area contributed by atoms with Gasteiger partial charge in [0.2, 0.25) is 0 Å². The van der Waals surface area contributed by atoms with Crippen LogP contribution in [0.3, 0.4) is 0 Å². The van der Waals surface area contributed by atoms with Crippen LogP contribution in [-0.4, -0.2) is 25.9 Å². The van der Waals surface area contributed by atoms with Crippen molar-refractivity contribution in [1.29, 1.82) is 0 Å². The van der Waals surface area contributed by atoms with Crippen molar-refractivity contribution in [2.45, 2.75) is 117 Å². The molecule has 0 aromatic carbocycles. The van der Waals surface area contributed by atoms with Crippen LogP contribution < -0.4 is 0 Å². The fourth-order valence-corrected chi connectivity index (χ4v) is 3.05. The number of rotatable bonds is 18. The van der Waals surface area contributed by atoms with Gasteiger partial charge in [0, 0.05) is 6.42 Å². The third-order valence-electron chi connectivity index (χ3n) is 4.19. The Morgan fingerprint density at radius 1 is 0.692 bits per heavy atom. The molecule has 0 radical (unpaired) electrons. The van der Waals surface area contributed by atoms with Gasteiger partial charge < -0.3 is 4.79 Å². The number of carbonyl (C=O) groups excluding carboxylic acids is 1. The molecule has 0 aliphatic rings. The molecule has 5 nitrogen and oxygen atoms in total. The van der Waals surface area contributed by atoms with E-state index < -0.39 is 10.4 Å². The summed E-state index contributed by atoms with van der Waals surface area (Å²) >= 11 is 0. The highest BCUT2D eigenvalue weighted by atomic mass is 32.3. The van der Waals surface area contributed by atoms with E-state index in [-0.39, 0.29) is 6.61 Å². The van der Waals surface area contributed by atoms with Crippen molar-refractivity contribution < 1.29 is 21.9 Å². The minimum atomic E-state index is -4.17. The lowest BCUT2D eigenvalue weighted by molar-refractivity contribution is -0.107. The average Bonchev–Trinajstić information content (AvgIpc) is 2.58. The quantitative estimate of drug-likeness (QED) is 0.168. The first-order valence-corrected chi connectivity index (χ1v) is 11.9. The zero-order valence-corrected chi connectivity index (χ0v) is 17.9. The van der Waals surface area contributed by atoms with E-state index in [1.807, 2.05) is 0 Å². The van der Waals surface area contributed by atoms with E-state index in [1.54, 1.807) is 0 Å². The Morgan fingerprint density at radius 2 is 1.04 bits per heavy atom. The first-order chi connectivity index (χ1) is 12.5. The van der Waals surface area contributed by atoms with Gasteiger partial charge in [-0.1, -0.05) is 96.8 Å². The van der Waals surface area contributed by atoms with Crippen LogP contribution in [0.5, 0.6) is 0 Å².